The van der Waals surface area contributed by atoms with Gasteiger partial charge < -0.3 is 9.72 Å². The molecule has 1 heterocycles. The molecule has 0 aliphatic rings. The number of pyridine rings is 1. The van der Waals surface area contributed by atoms with Crippen LogP contribution in [0.5, 0.6) is 0 Å². The number of para-hydroxylation sites is 1. The Labute approximate surface area is 122 Å². The maximum atomic E-state index is 12.3. The van der Waals surface area contributed by atoms with Crippen molar-refractivity contribution in [1.29, 1.82) is 0 Å². The lowest BCUT2D eigenvalue weighted by Gasteiger charge is -2.12. The predicted octanol–water partition coefficient (Wildman–Crippen LogP) is 1.71. The summed E-state index contributed by atoms with van der Waals surface area (Å²) >= 11 is 0. The quantitative estimate of drug-likeness (QED) is 0.850. The van der Waals surface area contributed by atoms with Crippen LogP contribution in [-0.2, 0) is 21.4 Å². The Hall–Kier alpha value is -2.12. The van der Waals surface area contributed by atoms with E-state index >= 15 is 0 Å². The Bertz CT molecular complexity index is 768. The van der Waals surface area contributed by atoms with E-state index in [2.05, 4.69) is 9.71 Å². The molecule has 0 spiro atoms. The zero-order valence-electron chi connectivity index (χ0n) is 11.5. The molecule has 0 unspecified atom stereocenters. The van der Waals surface area contributed by atoms with E-state index < -0.39 is 15.5 Å². The Kier molecular flexibility index (Phi) is 4.77. The molecule has 2 rings (SSSR count). The van der Waals surface area contributed by atoms with E-state index in [9.17, 15) is 13.2 Å². The van der Waals surface area contributed by atoms with E-state index in [4.69, 9.17) is 4.74 Å². The largest absolute Gasteiger partial charge is 0.377 e. The smallest absolute Gasteiger partial charge is 0.267 e. The summed E-state index contributed by atoms with van der Waals surface area (Å²) in [7, 11) is -3.94. The van der Waals surface area contributed by atoms with Crippen LogP contribution in [0.15, 0.2) is 52.4 Å². The number of hydrogen-bond donors (Lipinski definition) is 2. The standard InChI is InChI=1S/C14H16N2O4S/c1-2-20-10-11-5-3-4-6-12(11)16-21(18,19)14-9-15-8-7-13(14)17/h3-9,16H,2,10H2,1H3,(H,15,17). The average molecular weight is 308 g/mol. The molecule has 0 amide bonds. The van der Waals surface area contributed by atoms with E-state index in [0.717, 1.165) is 6.20 Å². The van der Waals surface area contributed by atoms with Crippen LogP contribution in [0.1, 0.15) is 12.5 Å². The SMILES string of the molecule is CCOCc1ccccc1NS(=O)(=O)c1c[nH]ccc1=O. The molecule has 0 saturated carbocycles. The lowest BCUT2D eigenvalue weighted by Crippen LogP contribution is -2.21. The second kappa shape index (κ2) is 6.55. The van der Waals surface area contributed by atoms with Gasteiger partial charge in [-0.1, -0.05) is 18.2 Å². The Morgan fingerprint density at radius 3 is 2.71 bits per heavy atom. The minimum atomic E-state index is -3.94. The minimum Gasteiger partial charge on any atom is -0.377 e. The third kappa shape index (κ3) is 3.71. The maximum absolute atomic E-state index is 12.3. The Morgan fingerprint density at radius 1 is 1.24 bits per heavy atom. The Morgan fingerprint density at radius 2 is 2.00 bits per heavy atom. The molecular formula is C14H16N2O4S. The summed E-state index contributed by atoms with van der Waals surface area (Å²) in [4.78, 5) is 13.9. The predicted molar refractivity (Wildman–Crippen MR) is 79.6 cm³/mol. The molecule has 2 aromatic rings. The van der Waals surface area contributed by atoms with E-state index in [1.165, 1.54) is 12.3 Å². The first kappa shape index (κ1) is 15.3. The lowest BCUT2D eigenvalue weighted by molar-refractivity contribution is 0.134. The molecule has 1 aromatic heterocycles. The molecule has 21 heavy (non-hydrogen) atoms. The van der Waals surface area contributed by atoms with Gasteiger partial charge in [0.1, 0.15) is 0 Å². The highest BCUT2D eigenvalue weighted by Crippen LogP contribution is 2.19. The molecule has 2 N–H and O–H groups in total. The van der Waals surface area contributed by atoms with Gasteiger partial charge in [-0.3, -0.25) is 9.52 Å². The molecule has 7 heteroatoms. The summed E-state index contributed by atoms with van der Waals surface area (Å²) in [5, 5.41) is 0. The van der Waals surface area contributed by atoms with E-state index in [-0.39, 0.29) is 4.90 Å². The number of hydrogen-bond acceptors (Lipinski definition) is 4. The molecule has 0 radical (unpaired) electrons. The first-order chi connectivity index (χ1) is 10.0. The van der Waals surface area contributed by atoms with Gasteiger partial charge >= 0.3 is 0 Å². The first-order valence-electron chi connectivity index (χ1n) is 6.40. The van der Waals surface area contributed by atoms with Crippen molar-refractivity contribution in [2.75, 3.05) is 11.3 Å². The molecule has 1 aromatic carbocycles. The van der Waals surface area contributed by atoms with Crippen molar-refractivity contribution in [3.63, 3.8) is 0 Å². The molecule has 0 bridgehead atoms. The number of rotatable bonds is 6. The van der Waals surface area contributed by atoms with E-state index in [1.54, 1.807) is 24.3 Å². The number of ether oxygens (including phenoxy) is 1. The third-order valence-corrected chi connectivity index (χ3v) is 4.19. The van der Waals surface area contributed by atoms with Gasteiger partial charge in [0.25, 0.3) is 10.0 Å². The van der Waals surface area contributed by atoms with Gasteiger partial charge in [0, 0.05) is 30.6 Å². The van der Waals surface area contributed by atoms with Gasteiger partial charge in [0.15, 0.2) is 4.90 Å². The molecule has 0 fully saturated rings. The molecule has 6 nitrogen and oxygen atoms in total. The van der Waals surface area contributed by atoms with Crippen LogP contribution in [0.4, 0.5) is 5.69 Å². The van der Waals surface area contributed by atoms with Gasteiger partial charge in [-0.25, -0.2) is 8.42 Å². The van der Waals surface area contributed by atoms with Gasteiger partial charge in [-0.05, 0) is 13.0 Å². The number of nitrogens with one attached hydrogen (secondary N) is 2. The molecule has 0 atom stereocenters. The van der Waals surface area contributed by atoms with Crippen LogP contribution in [0.25, 0.3) is 0 Å². The van der Waals surface area contributed by atoms with Crippen molar-refractivity contribution in [2.24, 2.45) is 0 Å². The third-order valence-electron chi connectivity index (χ3n) is 2.80. The summed E-state index contributed by atoms with van der Waals surface area (Å²) in [5.74, 6) is 0. The van der Waals surface area contributed by atoms with Crippen LogP contribution in [-0.4, -0.2) is 20.0 Å². The van der Waals surface area contributed by atoms with Gasteiger partial charge in [-0.2, -0.15) is 0 Å². The lowest BCUT2D eigenvalue weighted by atomic mass is 10.2. The van der Waals surface area contributed by atoms with Crippen molar-refractivity contribution in [3.05, 3.63) is 58.5 Å². The van der Waals surface area contributed by atoms with Crippen LogP contribution in [0, 0.1) is 0 Å². The van der Waals surface area contributed by atoms with Crippen molar-refractivity contribution in [2.45, 2.75) is 18.4 Å². The molecule has 0 aliphatic carbocycles. The van der Waals surface area contributed by atoms with Crippen LogP contribution < -0.4 is 10.2 Å². The van der Waals surface area contributed by atoms with Gasteiger partial charge in [0.2, 0.25) is 5.43 Å². The summed E-state index contributed by atoms with van der Waals surface area (Å²) in [6.07, 6.45) is 2.54. The normalized spacial score (nSPS) is 11.3. The van der Waals surface area contributed by atoms with Crippen molar-refractivity contribution in [3.8, 4) is 0 Å². The summed E-state index contributed by atoms with van der Waals surface area (Å²) < 4.78 is 32.3. The number of H-pyrrole nitrogens is 1. The zero-order chi connectivity index (χ0) is 15.3. The molecule has 0 saturated heterocycles. The van der Waals surface area contributed by atoms with Crippen LogP contribution >= 0.6 is 0 Å². The summed E-state index contributed by atoms with van der Waals surface area (Å²) in [6, 6.07) is 8.07. The number of sulfonamides is 1. The second-order valence-corrected chi connectivity index (χ2v) is 5.92. The van der Waals surface area contributed by atoms with Crippen LogP contribution in [0.3, 0.4) is 0 Å². The fraction of sp³-hybridized carbons (Fsp3) is 0.214. The molecule has 0 aliphatic heterocycles. The maximum Gasteiger partial charge on any atom is 0.267 e. The zero-order valence-corrected chi connectivity index (χ0v) is 12.3. The molecule has 112 valence electrons. The number of aromatic amines is 1. The first-order valence-corrected chi connectivity index (χ1v) is 7.88. The number of anilines is 1. The highest BCUT2D eigenvalue weighted by Gasteiger charge is 2.18. The number of benzene rings is 1. The van der Waals surface area contributed by atoms with Crippen molar-refractivity contribution < 1.29 is 13.2 Å². The van der Waals surface area contributed by atoms with E-state index in [1.807, 2.05) is 6.92 Å². The van der Waals surface area contributed by atoms with Crippen molar-refractivity contribution in [1.82, 2.24) is 4.98 Å². The second-order valence-electron chi connectivity index (χ2n) is 4.27. The van der Waals surface area contributed by atoms with Gasteiger partial charge in [0.05, 0.1) is 12.3 Å². The van der Waals surface area contributed by atoms with Crippen LogP contribution in [0.2, 0.25) is 0 Å². The monoisotopic (exact) mass is 308 g/mol. The summed E-state index contributed by atoms with van der Waals surface area (Å²) in [6.45, 7) is 2.68. The topological polar surface area (TPSA) is 88.3 Å². The van der Waals surface area contributed by atoms with E-state index in [0.29, 0.717) is 24.5 Å². The fourth-order valence-electron chi connectivity index (χ4n) is 1.77. The Balaban J connectivity index is 2.34. The average Bonchev–Trinajstić information content (AvgIpc) is 2.46. The fourth-order valence-corrected chi connectivity index (χ4v) is 2.92. The van der Waals surface area contributed by atoms with Crippen molar-refractivity contribution >= 4 is 15.7 Å². The highest BCUT2D eigenvalue weighted by molar-refractivity contribution is 7.92. The summed E-state index contributed by atoms with van der Waals surface area (Å²) in [5.41, 5.74) is 0.535. The molecular weight excluding hydrogens is 292 g/mol. The number of aromatic nitrogens is 1. The minimum absolute atomic E-state index is 0.292. The van der Waals surface area contributed by atoms with Gasteiger partial charge in [-0.15, -0.1) is 0 Å². The highest BCUT2D eigenvalue weighted by atomic mass is 32.2.